The highest BCUT2D eigenvalue weighted by Crippen LogP contribution is 2.30. The van der Waals surface area contributed by atoms with Crippen LogP contribution in [0.5, 0.6) is 0 Å². The Balaban J connectivity index is 2.35. The standard InChI is InChI=1S/C12H16N4O3/c1-7-10(17)16(11(18)15(7)4)9-5-8(19-14-9)12(2,3)6-13/h5,7,10,17H,1-4H3. The molecule has 0 saturated carbocycles. The quantitative estimate of drug-likeness (QED) is 0.861. The molecule has 7 nitrogen and oxygen atoms in total. The smallest absolute Gasteiger partial charge is 0.328 e. The van der Waals surface area contributed by atoms with E-state index >= 15 is 0 Å². The maximum Gasteiger partial charge on any atom is 0.328 e. The molecule has 1 aliphatic heterocycles. The number of carbonyl (C=O) groups is 1. The number of nitriles is 1. The van der Waals surface area contributed by atoms with Crippen LogP contribution in [0.4, 0.5) is 10.6 Å². The summed E-state index contributed by atoms with van der Waals surface area (Å²) in [7, 11) is 1.61. The summed E-state index contributed by atoms with van der Waals surface area (Å²) >= 11 is 0. The van der Waals surface area contributed by atoms with Crippen LogP contribution in [0.15, 0.2) is 10.6 Å². The molecule has 102 valence electrons. The third-order valence-electron chi connectivity index (χ3n) is 3.45. The van der Waals surface area contributed by atoms with Gasteiger partial charge in [0.25, 0.3) is 0 Å². The van der Waals surface area contributed by atoms with Crippen molar-refractivity contribution in [1.82, 2.24) is 10.1 Å². The van der Waals surface area contributed by atoms with Gasteiger partial charge in [-0.15, -0.1) is 0 Å². The van der Waals surface area contributed by atoms with Crippen molar-refractivity contribution in [1.29, 1.82) is 5.26 Å². The van der Waals surface area contributed by atoms with E-state index in [-0.39, 0.29) is 17.9 Å². The molecular weight excluding hydrogens is 248 g/mol. The molecule has 1 fully saturated rings. The lowest BCUT2D eigenvalue weighted by atomic mass is 9.92. The Morgan fingerprint density at radius 3 is 2.68 bits per heavy atom. The van der Waals surface area contributed by atoms with Crippen molar-refractivity contribution in [2.75, 3.05) is 11.9 Å². The normalized spacial score (nSPS) is 23.9. The van der Waals surface area contributed by atoms with E-state index in [1.165, 1.54) is 11.0 Å². The predicted molar refractivity (Wildman–Crippen MR) is 66.2 cm³/mol. The first-order valence-corrected chi connectivity index (χ1v) is 5.92. The number of anilines is 1. The molecule has 1 N–H and O–H groups in total. The van der Waals surface area contributed by atoms with Crippen molar-refractivity contribution in [2.45, 2.75) is 38.5 Å². The fourth-order valence-electron chi connectivity index (χ4n) is 1.84. The third kappa shape index (κ3) is 1.94. The summed E-state index contributed by atoms with van der Waals surface area (Å²) in [5, 5.41) is 22.8. The highest BCUT2D eigenvalue weighted by atomic mass is 16.5. The minimum atomic E-state index is -0.986. The molecule has 0 radical (unpaired) electrons. The fraction of sp³-hybridized carbons (Fsp3) is 0.583. The molecule has 0 spiro atoms. The molecule has 0 aromatic carbocycles. The molecule has 2 rings (SSSR count). The first kappa shape index (κ1) is 13.4. The molecule has 0 bridgehead atoms. The van der Waals surface area contributed by atoms with Gasteiger partial charge >= 0.3 is 6.03 Å². The van der Waals surface area contributed by atoms with Crippen LogP contribution in [0.25, 0.3) is 0 Å². The van der Waals surface area contributed by atoms with E-state index in [0.717, 1.165) is 4.90 Å². The second-order valence-electron chi connectivity index (χ2n) is 5.20. The molecule has 2 atom stereocenters. The lowest BCUT2D eigenvalue weighted by Gasteiger charge is -2.16. The Kier molecular flexibility index (Phi) is 2.98. The maximum atomic E-state index is 12.0. The monoisotopic (exact) mass is 264 g/mol. The minimum absolute atomic E-state index is 0.215. The molecule has 1 aliphatic rings. The molecule has 1 saturated heterocycles. The molecule has 7 heteroatoms. The van der Waals surface area contributed by atoms with Gasteiger partial charge in [-0.1, -0.05) is 5.16 Å². The zero-order valence-corrected chi connectivity index (χ0v) is 11.3. The summed E-state index contributed by atoms with van der Waals surface area (Å²) in [6.45, 7) is 5.12. The SMILES string of the molecule is CC1C(O)N(c2cc(C(C)(C)C#N)on2)C(=O)N1C. The fourth-order valence-corrected chi connectivity index (χ4v) is 1.84. The Labute approximate surface area is 111 Å². The number of hydrogen-bond acceptors (Lipinski definition) is 5. The third-order valence-corrected chi connectivity index (χ3v) is 3.45. The largest absolute Gasteiger partial charge is 0.371 e. The number of likely N-dealkylation sites (N-methyl/N-ethyl adjacent to an activating group) is 1. The van der Waals surface area contributed by atoms with Gasteiger partial charge in [-0.25, -0.2) is 9.69 Å². The van der Waals surface area contributed by atoms with E-state index in [1.54, 1.807) is 27.8 Å². The maximum absolute atomic E-state index is 12.0. The van der Waals surface area contributed by atoms with E-state index in [2.05, 4.69) is 11.2 Å². The van der Waals surface area contributed by atoms with Crippen LogP contribution >= 0.6 is 0 Å². The van der Waals surface area contributed by atoms with Crippen LogP contribution in [-0.4, -0.2) is 40.5 Å². The average molecular weight is 264 g/mol. The molecule has 2 unspecified atom stereocenters. The first-order chi connectivity index (χ1) is 8.79. The highest BCUT2D eigenvalue weighted by molar-refractivity contribution is 5.94. The molecule has 19 heavy (non-hydrogen) atoms. The summed E-state index contributed by atoms with van der Waals surface area (Å²) in [4.78, 5) is 14.6. The van der Waals surface area contributed by atoms with E-state index in [0.29, 0.717) is 5.76 Å². The van der Waals surface area contributed by atoms with E-state index < -0.39 is 11.6 Å². The van der Waals surface area contributed by atoms with Gasteiger partial charge in [0, 0.05) is 13.1 Å². The van der Waals surface area contributed by atoms with E-state index in [1.807, 2.05) is 0 Å². The second kappa shape index (κ2) is 4.24. The summed E-state index contributed by atoms with van der Waals surface area (Å²) in [5.41, 5.74) is -0.837. The van der Waals surface area contributed by atoms with E-state index in [9.17, 15) is 9.90 Å². The minimum Gasteiger partial charge on any atom is -0.371 e. The van der Waals surface area contributed by atoms with Gasteiger partial charge in [0.15, 0.2) is 17.8 Å². The van der Waals surface area contributed by atoms with Crippen molar-refractivity contribution in [3.63, 3.8) is 0 Å². The number of rotatable bonds is 2. The van der Waals surface area contributed by atoms with Gasteiger partial charge in [-0.05, 0) is 20.8 Å². The molecular formula is C12H16N4O3. The topological polar surface area (TPSA) is 93.6 Å². The Morgan fingerprint density at radius 2 is 2.21 bits per heavy atom. The zero-order chi connectivity index (χ0) is 14.4. The number of aromatic nitrogens is 1. The van der Waals surface area contributed by atoms with Crippen LogP contribution < -0.4 is 4.90 Å². The number of hydrogen-bond donors (Lipinski definition) is 1. The highest BCUT2D eigenvalue weighted by Gasteiger charge is 2.43. The number of nitrogens with zero attached hydrogens (tertiary/aromatic N) is 4. The summed E-state index contributed by atoms with van der Waals surface area (Å²) in [6, 6.07) is 2.91. The molecule has 2 amide bonds. The Bertz CT molecular complexity index is 545. The van der Waals surface area contributed by atoms with Crippen LogP contribution in [-0.2, 0) is 5.41 Å². The van der Waals surface area contributed by atoms with Gasteiger partial charge in [0.2, 0.25) is 0 Å². The number of aliphatic hydroxyl groups excluding tert-OH is 1. The Morgan fingerprint density at radius 1 is 1.58 bits per heavy atom. The molecule has 2 heterocycles. The molecule has 1 aromatic rings. The number of urea groups is 1. The summed E-state index contributed by atoms with van der Waals surface area (Å²) in [5.74, 6) is 0.569. The number of carbonyl (C=O) groups excluding carboxylic acids is 1. The lowest BCUT2D eigenvalue weighted by molar-refractivity contribution is 0.137. The lowest BCUT2D eigenvalue weighted by Crippen LogP contribution is -2.35. The van der Waals surface area contributed by atoms with Crippen molar-refractivity contribution >= 4 is 11.8 Å². The van der Waals surface area contributed by atoms with Gasteiger partial charge in [-0.2, -0.15) is 5.26 Å². The molecule has 0 aliphatic carbocycles. The molecule has 1 aromatic heterocycles. The Hall–Kier alpha value is -2.07. The summed E-state index contributed by atoms with van der Waals surface area (Å²) < 4.78 is 5.10. The van der Waals surface area contributed by atoms with Crippen molar-refractivity contribution < 1.29 is 14.4 Å². The van der Waals surface area contributed by atoms with Crippen LogP contribution in [0.2, 0.25) is 0 Å². The summed E-state index contributed by atoms with van der Waals surface area (Å²) in [6.07, 6.45) is -0.986. The van der Waals surface area contributed by atoms with Crippen LogP contribution in [0, 0.1) is 11.3 Å². The second-order valence-corrected chi connectivity index (χ2v) is 5.20. The van der Waals surface area contributed by atoms with Crippen molar-refractivity contribution in [2.24, 2.45) is 0 Å². The van der Waals surface area contributed by atoms with E-state index in [4.69, 9.17) is 9.78 Å². The number of aliphatic hydroxyl groups is 1. The van der Waals surface area contributed by atoms with Crippen LogP contribution in [0.3, 0.4) is 0 Å². The van der Waals surface area contributed by atoms with Gasteiger partial charge in [-0.3, -0.25) is 0 Å². The zero-order valence-electron chi connectivity index (χ0n) is 11.3. The van der Waals surface area contributed by atoms with Gasteiger partial charge in [0.05, 0.1) is 12.1 Å². The predicted octanol–water partition coefficient (Wildman–Crippen LogP) is 1.05. The van der Waals surface area contributed by atoms with Gasteiger partial charge < -0.3 is 14.5 Å². The first-order valence-electron chi connectivity index (χ1n) is 5.92. The number of amides is 2. The van der Waals surface area contributed by atoms with Crippen molar-refractivity contribution in [3.05, 3.63) is 11.8 Å². The van der Waals surface area contributed by atoms with Crippen LogP contribution in [0.1, 0.15) is 26.5 Å². The average Bonchev–Trinajstić information content (AvgIpc) is 2.92. The van der Waals surface area contributed by atoms with Crippen molar-refractivity contribution in [3.8, 4) is 6.07 Å². The van der Waals surface area contributed by atoms with Gasteiger partial charge in [0.1, 0.15) is 5.41 Å².